The Labute approximate surface area is 148 Å². The first-order valence-electron chi connectivity index (χ1n) is 8.15. The Morgan fingerprint density at radius 1 is 1.12 bits per heavy atom. The normalized spacial score (nSPS) is 13.2. The lowest BCUT2D eigenvalue weighted by atomic mass is 10.2. The Hall–Kier alpha value is -1.18. The highest BCUT2D eigenvalue weighted by atomic mass is 31.2. The quantitative estimate of drug-likeness (QED) is 0.308. The number of hydrogen-bond donors (Lipinski definition) is 0. The van der Waals surface area contributed by atoms with Gasteiger partial charge >= 0.3 is 13.6 Å². The molecule has 0 aliphatic carbocycles. The van der Waals surface area contributed by atoms with Crippen LogP contribution in [0.1, 0.15) is 49.0 Å². The first kappa shape index (κ1) is 21.9. The topological polar surface area (TPSA) is 93.4 Å². The molecule has 8 nitrogen and oxygen atoms in total. The lowest BCUT2D eigenvalue weighted by Gasteiger charge is -2.27. The zero-order valence-electron chi connectivity index (χ0n) is 15.4. The van der Waals surface area contributed by atoms with Crippen molar-refractivity contribution in [2.24, 2.45) is 0 Å². The van der Waals surface area contributed by atoms with Crippen LogP contribution in [0, 0.1) is 0 Å². The highest BCUT2D eigenvalue weighted by Gasteiger charge is 2.41. The molecule has 0 amide bonds. The molecule has 0 aliphatic heterocycles. The van der Waals surface area contributed by atoms with Crippen LogP contribution in [0.2, 0.25) is 0 Å². The monoisotopic (exact) mass is 378 g/mol. The molecule has 0 N–H and O–H groups in total. The van der Waals surface area contributed by atoms with Gasteiger partial charge < -0.3 is 27.7 Å². The van der Waals surface area contributed by atoms with Gasteiger partial charge in [-0.1, -0.05) is 0 Å². The SMILES string of the molecule is CCOC(=O)c1coc(C(CC(OC)OC)P(=O)(OCC)OCC)c1. The second kappa shape index (κ2) is 10.7. The predicted molar refractivity (Wildman–Crippen MR) is 90.7 cm³/mol. The van der Waals surface area contributed by atoms with Gasteiger partial charge in [0.1, 0.15) is 17.7 Å². The number of carbonyl (C=O) groups is 1. The van der Waals surface area contributed by atoms with Crippen molar-refractivity contribution < 1.29 is 37.0 Å². The van der Waals surface area contributed by atoms with Gasteiger partial charge in [-0.15, -0.1) is 0 Å². The lowest BCUT2D eigenvalue weighted by Crippen LogP contribution is -2.19. The Kier molecular flexibility index (Phi) is 9.38. The van der Waals surface area contributed by atoms with Crippen LogP contribution >= 0.6 is 7.60 Å². The van der Waals surface area contributed by atoms with Crippen LogP contribution < -0.4 is 0 Å². The number of carbonyl (C=O) groups excluding carboxylic acids is 1. The number of furan rings is 1. The van der Waals surface area contributed by atoms with E-state index in [-0.39, 0.29) is 37.6 Å². The summed E-state index contributed by atoms with van der Waals surface area (Å²) in [6, 6.07) is 1.48. The second-order valence-corrected chi connectivity index (χ2v) is 7.21. The Morgan fingerprint density at radius 2 is 1.72 bits per heavy atom. The van der Waals surface area contributed by atoms with E-state index in [4.69, 9.17) is 27.7 Å². The van der Waals surface area contributed by atoms with Crippen molar-refractivity contribution in [1.29, 1.82) is 0 Å². The van der Waals surface area contributed by atoms with Crippen LogP contribution in [0.5, 0.6) is 0 Å². The highest BCUT2D eigenvalue weighted by molar-refractivity contribution is 7.54. The summed E-state index contributed by atoms with van der Waals surface area (Å²) in [4.78, 5) is 11.9. The Morgan fingerprint density at radius 3 is 2.20 bits per heavy atom. The summed E-state index contributed by atoms with van der Waals surface area (Å²) in [5.41, 5.74) is -0.562. The standard InChI is InChI=1S/C16H27O8P/c1-6-21-16(17)12-9-13(22-11-12)14(10-15(19-4)20-5)25(18,23-7-2)24-8-3/h9,11,14-15H,6-8,10H2,1-5H3. The number of ether oxygens (including phenoxy) is 3. The van der Waals surface area contributed by atoms with E-state index in [1.54, 1.807) is 20.8 Å². The van der Waals surface area contributed by atoms with Crippen molar-refractivity contribution in [1.82, 2.24) is 0 Å². The fraction of sp³-hybridized carbons (Fsp3) is 0.688. The second-order valence-electron chi connectivity index (χ2n) is 4.99. The minimum atomic E-state index is -3.57. The van der Waals surface area contributed by atoms with E-state index in [0.29, 0.717) is 0 Å². The van der Waals surface area contributed by atoms with Gasteiger partial charge in [0.05, 0.1) is 25.4 Å². The summed E-state index contributed by atoms with van der Waals surface area (Å²) in [5.74, 6) is -0.235. The molecule has 0 radical (unpaired) electrons. The predicted octanol–water partition coefficient (Wildman–Crippen LogP) is 3.77. The molecule has 1 unspecified atom stereocenters. The first-order chi connectivity index (χ1) is 11.9. The summed E-state index contributed by atoms with van der Waals surface area (Å²) >= 11 is 0. The molecule has 0 saturated carbocycles. The zero-order valence-corrected chi connectivity index (χ0v) is 16.2. The summed E-state index contributed by atoms with van der Waals surface area (Å²) < 4.78 is 45.0. The van der Waals surface area contributed by atoms with Gasteiger partial charge in [-0.05, 0) is 26.8 Å². The number of methoxy groups -OCH3 is 2. The third-order valence-corrected chi connectivity index (χ3v) is 5.87. The maximum absolute atomic E-state index is 13.3. The third-order valence-electron chi connectivity index (χ3n) is 3.40. The van der Waals surface area contributed by atoms with E-state index in [0.717, 1.165) is 0 Å². The van der Waals surface area contributed by atoms with Crippen molar-refractivity contribution in [3.05, 3.63) is 23.7 Å². The van der Waals surface area contributed by atoms with Crippen LogP contribution in [-0.2, 0) is 27.8 Å². The summed E-state index contributed by atoms with van der Waals surface area (Å²) in [5, 5.41) is 0. The smallest absolute Gasteiger partial charge is 0.341 e. The average molecular weight is 378 g/mol. The van der Waals surface area contributed by atoms with Gasteiger partial charge in [0.25, 0.3) is 0 Å². The first-order valence-corrected chi connectivity index (χ1v) is 9.76. The van der Waals surface area contributed by atoms with E-state index >= 15 is 0 Å². The molecule has 0 spiro atoms. The fourth-order valence-corrected chi connectivity index (χ4v) is 4.33. The average Bonchev–Trinajstić information content (AvgIpc) is 3.06. The molecule has 0 fully saturated rings. The molecule has 144 valence electrons. The summed E-state index contributed by atoms with van der Waals surface area (Å²) in [6.07, 6.45) is 0.785. The van der Waals surface area contributed by atoms with Crippen molar-refractivity contribution in [2.45, 2.75) is 39.1 Å². The molecule has 0 bridgehead atoms. The number of hydrogen-bond acceptors (Lipinski definition) is 8. The minimum absolute atomic E-state index is 0.167. The van der Waals surface area contributed by atoms with Crippen LogP contribution in [-0.4, -0.2) is 46.3 Å². The van der Waals surface area contributed by atoms with Gasteiger partial charge in [-0.25, -0.2) is 4.79 Å². The van der Waals surface area contributed by atoms with E-state index < -0.39 is 25.5 Å². The maximum atomic E-state index is 13.3. The Balaban J connectivity index is 3.21. The summed E-state index contributed by atoms with van der Waals surface area (Å²) in [7, 11) is -0.618. The highest BCUT2D eigenvalue weighted by Crippen LogP contribution is 2.63. The van der Waals surface area contributed by atoms with Crippen LogP contribution in [0.3, 0.4) is 0 Å². The molecule has 0 aliphatic rings. The van der Waals surface area contributed by atoms with Crippen LogP contribution in [0.15, 0.2) is 16.7 Å². The maximum Gasteiger partial charge on any atom is 0.341 e. The molecule has 1 atom stereocenters. The molecular weight excluding hydrogens is 351 g/mol. The number of esters is 1. The third kappa shape index (κ3) is 5.94. The minimum Gasteiger partial charge on any atom is -0.467 e. The fourth-order valence-electron chi connectivity index (χ4n) is 2.30. The molecule has 9 heteroatoms. The van der Waals surface area contributed by atoms with Gasteiger partial charge in [-0.3, -0.25) is 4.57 Å². The van der Waals surface area contributed by atoms with Crippen molar-refractivity contribution >= 4 is 13.6 Å². The molecule has 1 aromatic rings. The molecule has 25 heavy (non-hydrogen) atoms. The van der Waals surface area contributed by atoms with Crippen LogP contribution in [0.25, 0.3) is 0 Å². The van der Waals surface area contributed by atoms with E-state index in [1.165, 1.54) is 26.5 Å². The largest absolute Gasteiger partial charge is 0.467 e. The molecule has 0 saturated heterocycles. The summed E-state index contributed by atoms with van der Waals surface area (Å²) in [6.45, 7) is 5.79. The van der Waals surface area contributed by atoms with E-state index in [2.05, 4.69) is 0 Å². The lowest BCUT2D eigenvalue weighted by molar-refractivity contribution is -0.108. The van der Waals surface area contributed by atoms with Gasteiger partial charge in [0, 0.05) is 20.6 Å². The van der Waals surface area contributed by atoms with Crippen LogP contribution in [0.4, 0.5) is 0 Å². The van der Waals surface area contributed by atoms with Crippen molar-refractivity contribution in [2.75, 3.05) is 34.0 Å². The molecular formula is C16H27O8P. The molecule has 1 rings (SSSR count). The van der Waals surface area contributed by atoms with Gasteiger partial charge in [0.2, 0.25) is 0 Å². The van der Waals surface area contributed by atoms with E-state index in [9.17, 15) is 9.36 Å². The number of rotatable bonds is 12. The van der Waals surface area contributed by atoms with Crippen molar-refractivity contribution in [3.63, 3.8) is 0 Å². The molecule has 1 heterocycles. The molecule has 1 aromatic heterocycles. The van der Waals surface area contributed by atoms with E-state index in [1.807, 2.05) is 0 Å². The Bertz CT molecular complexity index is 556. The van der Waals surface area contributed by atoms with Gasteiger partial charge in [-0.2, -0.15) is 0 Å². The van der Waals surface area contributed by atoms with Gasteiger partial charge in [0.15, 0.2) is 6.29 Å². The van der Waals surface area contributed by atoms with Crippen molar-refractivity contribution in [3.8, 4) is 0 Å². The zero-order chi connectivity index (χ0) is 18.9. The molecule has 0 aromatic carbocycles.